The molecule has 0 saturated heterocycles. The predicted octanol–water partition coefficient (Wildman–Crippen LogP) is 4.70. The Bertz CT molecular complexity index is 616. The van der Waals surface area contributed by atoms with Crippen LogP contribution in [-0.4, -0.2) is 38.2 Å². The minimum atomic E-state index is -0.446. The lowest BCUT2D eigenvalue weighted by Crippen LogP contribution is -2.14. The summed E-state index contributed by atoms with van der Waals surface area (Å²) in [4.78, 5) is 0. The van der Waals surface area contributed by atoms with Crippen molar-refractivity contribution in [1.82, 2.24) is 0 Å². The second-order valence-electron chi connectivity index (χ2n) is 6.93. The molecule has 0 heterocycles. The molecule has 2 rings (SSSR count). The smallest absolute Gasteiger partial charge is 0.119 e. The maximum Gasteiger partial charge on any atom is 0.119 e. The molecule has 0 radical (unpaired) electrons. The van der Waals surface area contributed by atoms with Gasteiger partial charge in [-0.3, -0.25) is 0 Å². The summed E-state index contributed by atoms with van der Waals surface area (Å²) in [6, 6.07) is 12.6. The van der Waals surface area contributed by atoms with E-state index in [1.54, 1.807) is 7.11 Å². The van der Waals surface area contributed by atoms with E-state index in [-0.39, 0.29) is 0 Å². The second-order valence-corrected chi connectivity index (χ2v) is 11.4. The summed E-state index contributed by atoms with van der Waals surface area (Å²) in [5, 5.41) is 2.43. The lowest BCUT2D eigenvalue weighted by atomic mass is 10.1. The molecule has 1 atom stereocenters. The number of rotatable bonds is 7. The molecular formula is C19H28O2S. The molecule has 2 nitrogen and oxygen atoms in total. The Morgan fingerprint density at radius 1 is 1.00 bits per heavy atom. The van der Waals surface area contributed by atoms with E-state index in [2.05, 4.69) is 56.0 Å². The minimum absolute atomic E-state index is 0.446. The molecule has 0 aromatic heterocycles. The Kier molecular flexibility index (Phi) is 5.76. The van der Waals surface area contributed by atoms with Crippen LogP contribution in [0.1, 0.15) is 12.5 Å². The number of hydrogen-bond donors (Lipinski definition) is 0. The van der Waals surface area contributed by atoms with Crippen LogP contribution in [0.5, 0.6) is 5.75 Å². The van der Waals surface area contributed by atoms with Crippen LogP contribution in [-0.2, 0) is 11.3 Å². The van der Waals surface area contributed by atoms with Gasteiger partial charge < -0.3 is 9.47 Å². The van der Waals surface area contributed by atoms with E-state index >= 15 is 0 Å². The van der Waals surface area contributed by atoms with E-state index in [0.717, 1.165) is 12.4 Å². The van der Waals surface area contributed by atoms with E-state index in [9.17, 15) is 0 Å². The molecule has 0 bridgehead atoms. The fraction of sp³-hybridized carbons (Fsp3) is 0.474. The Labute approximate surface area is 136 Å². The average molecular weight is 320 g/mol. The summed E-state index contributed by atoms with van der Waals surface area (Å²) in [6.07, 6.45) is 7.09. The lowest BCUT2D eigenvalue weighted by molar-refractivity contribution is 0.0982. The molecule has 1 unspecified atom stereocenters. The standard InChI is InChI=1S/C19H28O2S/c1-15(14-22(3,4)5)12-21-13-16-6-7-18-11-19(20-2)9-8-17(18)10-16/h6-11,15H,12-14H2,1-5H3. The lowest BCUT2D eigenvalue weighted by Gasteiger charge is -2.28. The van der Waals surface area contributed by atoms with Gasteiger partial charge in [0.1, 0.15) is 5.75 Å². The van der Waals surface area contributed by atoms with Gasteiger partial charge in [0.2, 0.25) is 0 Å². The summed E-state index contributed by atoms with van der Waals surface area (Å²) in [7, 11) is 1.25. The van der Waals surface area contributed by atoms with E-state index < -0.39 is 10.0 Å². The van der Waals surface area contributed by atoms with Crippen LogP contribution in [0.4, 0.5) is 0 Å². The predicted molar refractivity (Wildman–Crippen MR) is 99.6 cm³/mol. The van der Waals surface area contributed by atoms with Crippen molar-refractivity contribution in [3.05, 3.63) is 42.0 Å². The zero-order chi connectivity index (χ0) is 16.2. The number of fused-ring (bicyclic) bond motifs is 1. The zero-order valence-electron chi connectivity index (χ0n) is 14.4. The fourth-order valence-corrected chi connectivity index (χ4v) is 4.57. The summed E-state index contributed by atoms with van der Waals surface area (Å²) < 4.78 is 11.2. The molecule has 2 aromatic carbocycles. The van der Waals surface area contributed by atoms with Crippen LogP contribution in [0.25, 0.3) is 10.8 Å². The average Bonchev–Trinajstić information content (AvgIpc) is 2.44. The van der Waals surface area contributed by atoms with Crippen LogP contribution < -0.4 is 4.74 Å². The second kappa shape index (κ2) is 7.38. The minimum Gasteiger partial charge on any atom is -0.497 e. The summed E-state index contributed by atoms with van der Waals surface area (Å²) in [6.45, 7) is 3.81. The van der Waals surface area contributed by atoms with Crippen molar-refractivity contribution in [2.45, 2.75) is 13.5 Å². The van der Waals surface area contributed by atoms with Crippen molar-refractivity contribution in [3.63, 3.8) is 0 Å². The first-order chi connectivity index (χ1) is 10.4. The SMILES string of the molecule is COc1ccc2cc(COCC(C)CS(C)(C)C)ccc2c1. The zero-order valence-corrected chi connectivity index (χ0v) is 15.2. The van der Waals surface area contributed by atoms with Gasteiger partial charge in [-0.05, 0) is 65.0 Å². The van der Waals surface area contributed by atoms with Crippen molar-refractivity contribution in [2.75, 3.05) is 38.2 Å². The highest BCUT2D eigenvalue weighted by Gasteiger charge is 2.11. The molecule has 0 aliphatic rings. The molecule has 0 saturated carbocycles. The molecule has 0 fully saturated rings. The van der Waals surface area contributed by atoms with E-state index in [1.807, 2.05) is 6.07 Å². The fourth-order valence-electron chi connectivity index (χ4n) is 2.77. The summed E-state index contributed by atoms with van der Waals surface area (Å²) >= 11 is 0. The van der Waals surface area contributed by atoms with Crippen molar-refractivity contribution in [3.8, 4) is 5.75 Å². The van der Waals surface area contributed by atoms with Gasteiger partial charge in [-0.15, -0.1) is 0 Å². The van der Waals surface area contributed by atoms with E-state index in [4.69, 9.17) is 9.47 Å². The van der Waals surface area contributed by atoms with Gasteiger partial charge in [0.05, 0.1) is 20.3 Å². The maximum absolute atomic E-state index is 5.91. The summed E-state index contributed by atoms with van der Waals surface area (Å²) in [5.41, 5.74) is 1.23. The third kappa shape index (κ3) is 5.22. The van der Waals surface area contributed by atoms with Gasteiger partial charge in [0, 0.05) is 0 Å². The van der Waals surface area contributed by atoms with Gasteiger partial charge in [-0.25, -0.2) is 10.0 Å². The normalized spacial score (nSPS) is 14.0. The molecule has 22 heavy (non-hydrogen) atoms. The highest BCUT2D eigenvalue weighted by Crippen LogP contribution is 2.36. The molecule has 3 heteroatoms. The first-order valence-electron chi connectivity index (χ1n) is 7.68. The molecule has 0 N–H and O–H groups in total. The Morgan fingerprint density at radius 2 is 1.68 bits per heavy atom. The van der Waals surface area contributed by atoms with Crippen LogP contribution in [0.15, 0.2) is 36.4 Å². The van der Waals surface area contributed by atoms with Gasteiger partial charge in [-0.2, -0.15) is 0 Å². The summed E-state index contributed by atoms with van der Waals surface area (Å²) in [5.74, 6) is 2.79. The molecule has 0 spiro atoms. The van der Waals surface area contributed by atoms with Crippen LogP contribution in [0.3, 0.4) is 0 Å². The molecule has 0 aliphatic heterocycles. The number of benzene rings is 2. The van der Waals surface area contributed by atoms with Gasteiger partial charge in [0.25, 0.3) is 0 Å². The van der Waals surface area contributed by atoms with Gasteiger partial charge in [-0.1, -0.05) is 25.1 Å². The highest BCUT2D eigenvalue weighted by atomic mass is 32.3. The maximum atomic E-state index is 5.91. The molecule has 0 aliphatic carbocycles. The Balaban J connectivity index is 1.92. The molecular weight excluding hydrogens is 292 g/mol. The van der Waals surface area contributed by atoms with Crippen LogP contribution in [0, 0.1) is 5.92 Å². The van der Waals surface area contributed by atoms with Crippen molar-refractivity contribution < 1.29 is 9.47 Å². The van der Waals surface area contributed by atoms with E-state index in [0.29, 0.717) is 12.5 Å². The Hall–Kier alpha value is -1.19. The number of methoxy groups -OCH3 is 1. The molecule has 2 aromatic rings. The van der Waals surface area contributed by atoms with Gasteiger partial charge >= 0.3 is 0 Å². The van der Waals surface area contributed by atoms with Crippen LogP contribution in [0.2, 0.25) is 0 Å². The van der Waals surface area contributed by atoms with E-state index in [1.165, 1.54) is 22.1 Å². The quantitative estimate of drug-likeness (QED) is 0.736. The van der Waals surface area contributed by atoms with Crippen molar-refractivity contribution in [2.24, 2.45) is 5.92 Å². The first kappa shape index (κ1) is 17.2. The third-order valence-corrected chi connectivity index (χ3v) is 5.14. The molecule has 0 amide bonds. The largest absolute Gasteiger partial charge is 0.497 e. The monoisotopic (exact) mass is 320 g/mol. The third-order valence-electron chi connectivity index (χ3n) is 3.57. The van der Waals surface area contributed by atoms with Crippen LogP contribution >= 0.6 is 10.0 Å². The number of hydrogen-bond acceptors (Lipinski definition) is 2. The Morgan fingerprint density at radius 3 is 2.36 bits per heavy atom. The number of ether oxygens (including phenoxy) is 2. The van der Waals surface area contributed by atoms with Gasteiger partial charge in [0.15, 0.2) is 0 Å². The van der Waals surface area contributed by atoms with Crippen molar-refractivity contribution >= 4 is 20.8 Å². The molecule has 122 valence electrons. The first-order valence-corrected chi connectivity index (χ1v) is 10.7. The highest BCUT2D eigenvalue weighted by molar-refractivity contribution is 8.32. The topological polar surface area (TPSA) is 18.5 Å². The van der Waals surface area contributed by atoms with Crippen molar-refractivity contribution in [1.29, 1.82) is 0 Å².